The number of carbonyl (C=O) groups excluding carboxylic acids is 1. The first-order valence-electron chi connectivity index (χ1n) is 7.73. The highest BCUT2D eigenvalue weighted by Crippen LogP contribution is 2.26. The maximum absolute atomic E-state index is 13.9. The highest BCUT2D eigenvalue weighted by atomic mass is 35.5. The first kappa shape index (κ1) is 15.7. The Hall–Kier alpha value is -1.17. The topological polar surface area (TPSA) is 43.8 Å². The van der Waals surface area contributed by atoms with Crippen LogP contribution < -0.4 is 0 Å². The second kappa shape index (κ2) is 6.52. The number of hydrogen-bond acceptors (Lipinski definition) is 3. The van der Waals surface area contributed by atoms with Gasteiger partial charge in [-0.3, -0.25) is 9.69 Å². The lowest BCUT2D eigenvalue weighted by Crippen LogP contribution is -2.53. The summed E-state index contributed by atoms with van der Waals surface area (Å²) in [5, 5.41) is 10.1. The average Bonchev–Trinajstić information content (AvgIpc) is 2.93. The SMILES string of the molecule is O=C(c1c(F)cccc1Cl)N1CCN([C@H]2CCC[C@H]2O)CC1. The molecule has 4 nitrogen and oxygen atoms in total. The van der Waals surface area contributed by atoms with E-state index in [0.717, 1.165) is 19.3 Å². The molecule has 3 rings (SSSR count). The second-order valence-corrected chi connectivity index (χ2v) is 6.40. The molecule has 2 fully saturated rings. The van der Waals surface area contributed by atoms with Gasteiger partial charge >= 0.3 is 0 Å². The lowest BCUT2D eigenvalue weighted by molar-refractivity contribution is 0.0314. The molecule has 0 bridgehead atoms. The van der Waals surface area contributed by atoms with Crippen molar-refractivity contribution in [3.8, 4) is 0 Å². The quantitative estimate of drug-likeness (QED) is 0.905. The molecule has 1 saturated heterocycles. The molecule has 22 heavy (non-hydrogen) atoms. The molecular formula is C16H20ClFN2O2. The number of amides is 1. The van der Waals surface area contributed by atoms with Crippen LogP contribution in [0.15, 0.2) is 18.2 Å². The zero-order valence-corrected chi connectivity index (χ0v) is 13.1. The van der Waals surface area contributed by atoms with Gasteiger partial charge in [0, 0.05) is 32.2 Å². The molecule has 1 heterocycles. The molecular weight excluding hydrogens is 307 g/mol. The third kappa shape index (κ3) is 2.98. The normalized spacial score (nSPS) is 26.4. The Morgan fingerprint density at radius 2 is 1.95 bits per heavy atom. The average molecular weight is 327 g/mol. The maximum Gasteiger partial charge on any atom is 0.258 e. The van der Waals surface area contributed by atoms with Crippen LogP contribution in [0.3, 0.4) is 0 Å². The second-order valence-electron chi connectivity index (χ2n) is 5.99. The number of carbonyl (C=O) groups is 1. The number of halogens is 2. The third-order valence-corrected chi connectivity index (χ3v) is 5.01. The fourth-order valence-corrected chi connectivity index (χ4v) is 3.71. The number of piperazine rings is 1. The van der Waals surface area contributed by atoms with Crippen molar-refractivity contribution in [2.24, 2.45) is 0 Å². The molecule has 1 aromatic carbocycles. The van der Waals surface area contributed by atoms with Crippen LogP contribution in [0.2, 0.25) is 5.02 Å². The Labute approximate surface area is 134 Å². The van der Waals surface area contributed by atoms with Gasteiger partial charge in [-0.05, 0) is 31.4 Å². The largest absolute Gasteiger partial charge is 0.391 e. The van der Waals surface area contributed by atoms with Crippen molar-refractivity contribution in [3.05, 3.63) is 34.6 Å². The molecule has 1 aliphatic heterocycles. The fraction of sp³-hybridized carbons (Fsp3) is 0.562. The van der Waals surface area contributed by atoms with Gasteiger partial charge in [-0.15, -0.1) is 0 Å². The molecule has 6 heteroatoms. The van der Waals surface area contributed by atoms with E-state index in [4.69, 9.17) is 11.6 Å². The van der Waals surface area contributed by atoms with Crippen LogP contribution in [0.4, 0.5) is 4.39 Å². The molecule has 1 aliphatic carbocycles. The molecule has 0 unspecified atom stereocenters. The number of aliphatic hydroxyl groups is 1. The van der Waals surface area contributed by atoms with E-state index in [2.05, 4.69) is 4.90 Å². The van der Waals surface area contributed by atoms with Crippen molar-refractivity contribution in [2.75, 3.05) is 26.2 Å². The Kier molecular flexibility index (Phi) is 4.66. The van der Waals surface area contributed by atoms with Gasteiger partial charge in [0.1, 0.15) is 5.82 Å². The zero-order valence-electron chi connectivity index (χ0n) is 12.3. The summed E-state index contributed by atoms with van der Waals surface area (Å²) in [6.45, 7) is 2.48. The molecule has 0 spiro atoms. The van der Waals surface area contributed by atoms with Crippen LogP contribution in [-0.2, 0) is 0 Å². The van der Waals surface area contributed by atoms with Gasteiger partial charge in [-0.1, -0.05) is 17.7 Å². The van der Waals surface area contributed by atoms with E-state index < -0.39 is 5.82 Å². The zero-order chi connectivity index (χ0) is 15.7. The lowest BCUT2D eigenvalue weighted by atomic mass is 10.1. The molecule has 0 radical (unpaired) electrons. The minimum absolute atomic E-state index is 0.0430. The number of hydrogen-bond donors (Lipinski definition) is 1. The van der Waals surface area contributed by atoms with Crippen LogP contribution in [0, 0.1) is 5.82 Å². The van der Waals surface area contributed by atoms with E-state index in [-0.39, 0.29) is 28.6 Å². The van der Waals surface area contributed by atoms with Crippen LogP contribution in [0.5, 0.6) is 0 Å². The Morgan fingerprint density at radius 3 is 2.55 bits per heavy atom. The van der Waals surface area contributed by atoms with Gasteiger partial charge in [0.2, 0.25) is 0 Å². The van der Waals surface area contributed by atoms with Crippen molar-refractivity contribution < 1.29 is 14.3 Å². The molecule has 1 amide bonds. The van der Waals surface area contributed by atoms with Crippen molar-refractivity contribution in [1.82, 2.24) is 9.80 Å². The molecule has 1 saturated carbocycles. The third-order valence-electron chi connectivity index (χ3n) is 4.69. The fourth-order valence-electron chi connectivity index (χ4n) is 3.46. The predicted molar refractivity (Wildman–Crippen MR) is 82.5 cm³/mol. The summed E-state index contributed by atoms with van der Waals surface area (Å²) in [6.07, 6.45) is 2.65. The minimum atomic E-state index is -0.578. The highest BCUT2D eigenvalue weighted by molar-refractivity contribution is 6.33. The van der Waals surface area contributed by atoms with Crippen LogP contribution >= 0.6 is 11.6 Å². The molecule has 2 atom stereocenters. The monoisotopic (exact) mass is 326 g/mol. The Bertz CT molecular complexity index is 541. The number of aliphatic hydroxyl groups excluding tert-OH is 1. The van der Waals surface area contributed by atoms with Crippen molar-refractivity contribution in [1.29, 1.82) is 0 Å². The first-order valence-corrected chi connectivity index (χ1v) is 8.11. The van der Waals surface area contributed by atoms with Crippen LogP contribution in [-0.4, -0.2) is 59.1 Å². The van der Waals surface area contributed by atoms with Crippen molar-refractivity contribution in [3.63, 3.8) is 0 Å². The lowest BCUT2D eigenvalue weighted by Gasteiger charge is -2.39. The summed E-state index contributed by atoms with van der Waals surface area (Å²) in [5.74, 6) is -0.930. The summed E-state index contributed by atoms with van der Waals surface area (Å²) >= 11 is 5.96. The van der Waals surface area contributed by atoms with E-state index in [0.29, 0.717) is 26.2 Å². The van der Waals surface area contributed by atoms with Gasteiger partial charge in [0.05, 0.1) is 16.7 Å². The van der Waals surface area contributed by atoms with Crippen LogP contribution in [0.1, 0.15) is 29.6 Å². The molecule has 1 aromatic rings. The van der Waals surface area contributed by atoms with Crippen LogP contribution in [0.25, 0.3) is 0 Å². The Balaban J connectivity index is 1.65. The molecule has 120 valence electrons. The smallest absolute Gasteiger partial charge is 0.258 e. The summed E-state index contributed by atoms with van der Waals surface area (Å²) in [4.78, 5) is 16.3. The van der Waals surface area contributed by atoms with E-state index >= 15 is 0 Å². The van der Waals surface area contributed by atoms with Gasteiger partial charge in [0.15, 0.2) is 0 Å². The number of rotatable bonds is 2. The summed E-state index contributed by atoms with van der Waals surface area (Å²) in [7, 11) is 0. The molecule has 1 N–H and O–H groups in total. The molecule has 0 aromatic heterocycles. The predicted octanol–water partition coefficient (Wildman–Crippen LogP) is 2.15. The van der Waals surface area contributed by atoms with Crippen molar-refractivity contribution in [2.45, 2.75) is 31.4 Å². The van der Waals surface area contributed by atoms with E-state index in [1.807, 2.05) is 0 Å². The summed E-state index contributed by atoms with van der Waals surface area (Å²) in [6, 6.07) is 4.48. The number of benzene rings is 1. The number of nitrogens with zero attached hydrogens (tertiary/aromatic N) is 2. The van der Waals surface area contributed by atoms with Gasteiger partial charge in [-0.2, -0.15) is 0 Å². The van der Waals surface area contributed by atoms with Gasteiger partial charge in [0.25, 0.3) is 5.91 Å². The molecule has 2 aliphatic rings. The van der Waals surface area contributed by atoms with E-state index in [9.17, 15) is 14.3 Å². The minimum Gasteiger partial charge on any atom is -0.391 e. The van der Waals surface area contributed by atoms with Gasteiger partial charge < -0.3 is 10.0 Å². The summed E-state index contributed by atoms with van der Waals surface area (Å²) < 4.78 is 13.9. The Morgan fingerprint density at radius 1 is 1.23 bits per heavy atom. The summed E-state index contributed by atoms with van der Waals surface area (Å²) in [5.41, 5.74) is -0.0430. The van der Waals surface area contributed by atoms with E-state index in [1.165, 1.54) is 18.2 Å². The first-order chi connectivity index (χ1) is 10.6. The van der Waals surface area contributed by atoms with Crippen molar-refractivity contribution >= 4 is 17.5 Å². The highest BCUT2D eigenvalue weighted by Gasteiger charge is 2.34. The van der Waals surface area contributed by atoms with E-state index in [1.54, 1.807) is 4.90 Å². The standard InChI is InChI=1S/C16H20ClFN2O2/c17-11-3-1-4-12(18)15(11)16(22)20-9-7-19(8-10-20)13-5-2-6-14(13)21/h1,3-4,13-14,21H,2,5-10H2/t13-,14+/m0/s1. The van der Waals surface area contributed by atoms with Gasteiger partial charge in [-0.25, -0.2) is 4.39 Å². The maximum atomic E-state index is 13.9.